The minimum absolute atomic E-state index is 0.124. The molecule has 0 bridgehead atoms. The lowest BCUT2D eigenvalue weighted by Crippen LogP contribution is -2.12. The highest BCUT2D eigenvalue weighted by atomic mass is 32.2. The van der Waals surface area contributed by atoms with E-state index in [1.807, 2.05) is 0 Å². The van der Waals surface area contributed by atoms with Crippen LogP contribution in [0, 0.1) is 10.1 Å². The number of pyridine rings is 1. The summed E-state index contributed by atoms with van der Waals surface area (Å²) in [6, 6.07) is 5.66. The topological polar surface area (TPSA) is 102 Å². The molecule has 112 valence electrons. The number of anilines is 1. The summed E-state index contributed by atoms with van der Waals surface area (Å²) in [5.74, 6) is 0. The molecule has 2 aromatic heterocycles. The van der Waals surface area contributed by atoms with Crippen LogP contribution in [-0.2, 0) is 10.0 Å². The monoisotopic (exact) mass is 335 g/mol. The number of hydrogen-bond acceptors (Lipinski definition) is 6. The zero-order chi connectivity index (χ0) is 15.7. The van der Waals surface area contributed by atoms with Gasteiger partial charge < -0.3 is 0 Å². The van der Waals surface area contributed by atoms with Crippen molar-refractivity contribution in [3.8, 4) is 0 Å². The van der Waals surface area contributed by atoms with Crippen LogP contribution in [0.25, 0.3) is 10.8 Å². The van der Waals surface area contributed by atoms with E-state index >= 15 is 0 Å². The maximum Gasteiger partial charge on any atom is 0.278 e. The largest absolute Gasteiger partial charge is 0.279 e. The van der Waals surface area contributed by atoms with E-state index in [2.05, 4.69) is 9.71 Å². The van der Waals surface area contributed by atoms with Crippen LogP contribution in [0.5, 0.6) is 0 Å². The van der Waals surface area contributed by atoms with Crippen molar-refractivity contribution in [2.45, 2.75) is 4.90 Å². The summed E-state index contributed by atoms with van der Waals surface area (Å²) >= 11 is 1.27. The Morgan fingerprint density at radius 3 is 2.68 bits per heavy atom. The molecule has 0 saturated heterocycles. The fourth-order valence-electron chi connectivity index (χ4n) is 2.03. The van der Waals surface area contributed by atoms with Gasteiger partial charge in [0.1, 0.15) is 0 Å². The van der Waals surface area contributed by atoms with E-state index in [-0.39, 0.29) is 21.7 Å². The molecule has 1 N–H and O–H groups in total. The SMILES string of the molecule is O=[N+]([O-])c1ccc(NS(=O)(=O)c2ccsc2)c2ccncc12. The molecule has 0 radical (unpaired) electrons. The van der Waals surface area contributed by atoms with Crippen molar-refractivity contribution in [2.24, 2.45) is 0 Å². The van der Waals surface area contributed by atoms with Crippen molar-refractivity contribution in [1.29, 1.82) is 0 Å². The maximum absolute atomic E-state index is 12.3. The number of benzene rings is 1. The average molecular weight is 335 g/mol. The smallest absolute Gasteiger partial charge is 0.278 e. The second-order valence-electron chi connectivity index (χ2n) is 4.38. The number of nitrogens with one attached hydrogen (secondary N) is 1. The van der Waals surface area contributed by atoms with Crippen LogP contribution in [0.2, 0.25) is 0 Å². The molecule has 0 aliphatic heterocycles. The lowest BCUT2D eigenvalue weighted by Gasteiger charge is -2.09. The van der Waals surface area contributed by atoms with Crippen molar-refractivity contribution < 1.29 is 13.3 Å². The Labute approximate surface area is 129 Å². The van der Waals surface area contributed by atoms with E-state index < -0.39 is 14.9 Å². The third kappa shape index (κ3) is 2.51. The zero-order valence-corrected chi connectivity index (χ0v) is 12.6. The molecular formula is C13H9N3O4S2. The van der Waals surface area contributed by atoms with Crippen LogP contribution < -0.4 is 4.72 Å². The van der Waals surface area contributed by atoms with E-state index in [1.54, 1.807) is 5.38 Å². The second kappa shape index (κ2) is 5.35. The number of sulfonamides is 1. The van der Waals surface area contributed by atoms with Crippen LogP contribution in [-0.4, -0.2) is 18.3 Å². The first-order chi connectivity index (χ1) is 10.5. The normalized spacial score (nSPS) is 11.5. The van der Waals surface area contributed by atoms with Gasteiger partial charge in [0.05, 0.1) is 20.9 Å². The molecule has 0 atom stereocenters. The molecule has 0 fully saturated rings. The van der Waals surface area contributed by atoms with Crippen molar-refractivity contribution in [3.05, 3.63) is 57.5 Å². The van der Waals surface area contributed by atoms with Gasteiger partial charge in [-0.25, -0.2) is 8.42 Å². The highest BCUT2D eigenvalue weighted by Crippen LogP contribution is 2.32. The Morgan fingerprint density at radius 2 is 2.00 bits per heavy atom. The molecule has 0 saturated carbocycles. The second-order valence-corrected chi connectivity index (χ2v) is 6.84. The highest BCUT2D eigenvalue weighted by molar-refractivity contribution is 7.92. The van der Waals surface area contributed by atoms with Gasteiger partial charge >= 0.3 is 0 Å². The number of fused-ring (bicyclic) bond motifs is 1. The third-order valence-corrected chi connectivity index (χ3v) is 5.24. The van der Waals surface area contributed by atoms with Crippen LogP contribution in [0.3, 0.4) is 0 Å². The highest BCUT2D eigenvalue weighted by Gasteiger charge is 2.19. The fraction of sp³-hybridized carbons (Fsp3) is 0. The minimum Gasteiger partial charge on any atom is -0.279 e. The fourth-order valence-corrected chi connectivity index (χ4v) is 4.14. The Hall–Kier alpha value is -2.52. The van der Waals surface area contributed by atoms with Crippen molar-refractivity contribution in [3.63, 3.8) is 0 Å². The molecule has 22 heavy (non-hydrogen) atoms. The van der Waals surface area contributed by atoms with Gasteiger partial charge in [0.15, 0.2) is 0 Å². The molecule has 0 aliphatic rings. The number of non-ortho nitro benzene ring substituents is 1. The van der Waals surface area contributed by atoms with E-state index in [4.69, 9.17) is 0 Å². The van der Waals surface area contributed by atoms with Gasteiger partial charge in [-0.3, -0.25) is 19.8 Å². The number of nitro benzene ring substituents is 1. The van der Waals surface area contributed by atoms with Crippen molar-refractivity contribution >= 4 is 43.5 Å². The molecule has 3 aromatic rings. The summed E-state index contributed by atoms with van der Waals surface area (Å²) in [6.45, 7) is 0. The van der Waals surface area contributed by atoms with Gasteiger partial charge in [-0.1, -0.05) is 0 Å². The third-order valence-electron chi connectivity index (χ3n) is 3.04. The first-order valence-corrected chi connectivity index (χ1v) is 8.48. The van der Waals surface area contributed by atoms with Gasteiger partial charge in [0, 0.05) is 29.2 Å². The molecule has 9 heteroatoms. The van der Waals surface area contributed by atoms with E-state index in [0.29, 0.717) is 5.39 Å². The summed E-state index contributed by atoms with van der Waals surface area (Å²) in [5, 5.41) is 14.9. The number of thiophene rings is 1. The molecule has 0 unspecified atom stereocenters. The lowest BCUT2D eigenvalue weighted by molar-refractivity contribution is -0.383. The predicted octanol–water partition coefficient (Wildman–Crippen LogP) is 3.01. The Kier molecular flexibility index (Phi) is 3.51. The molecule has 3 rings (SSSR count). The predicted molar refractivity (Wildman–Crippen MR) is 83.5 cm³/mol. The van der Waals surface area contributed by atoms with Crippen molar-refractivity contribution in [2.75, 3.05) is 4.72 Å². The van der Waals surface area contributed by atoms with Crippen LogP contribution in [0.1, 0.15) is 0 Å². The van der Waals surface area contributed by atoms with Gasteiger partial charge in [-0.2, -0.15) is 11.3 Å². The maximum atomic E-state index is 12.3. The Bertz CT molecular complexity index is 953. The minimum atomic E-state index is -3.72. The molecule has 0 spiro atoms. The van der Waals surface area contributed by atoms with Crippen LogP contribution >= 0.6 is 11.3 Å². The molecular weight excluding hydrogens is 326 g/mol. The first-order valence-electron chi connectivity index (χ1n) is 6.05. The van der Waals surface area contributed by atoms with Crippen LogP contribution in [0.15, 0.2) is 52.3 Å². The van der Waals surface area contributed by atoms with Gasteiger partial charge in [-0.05, 0) is 23.6 Å². The zero-order valence-electron chi connectivity index (χ0n) is 11.0. The van der Waals surface area contributed by atoms with E-state index in [1.165, 1.54) is 53.4 Å². The Morgan fingerprint density at radius 1 is 1.18 bits per heavy atom. The lowest BCUT2D eigenvalue weighted by atomic mass is 10.1. The average Bonchev–Trinajstić information content (AvgIpc) is 3.02. The number of nitro groups is 1. The number of hydrogen-bond donors (Lipinski definition) is 1. The van der Waals surface area contributed by atoms with Gasteiger partial charge in [0.25, 0.3) is 15.7 Å². The van der Waals surface area contributed by atoms with Gasteiger partial charge in [-0.15, -0.1) is 0 Å². The van der Waals surface area contributed by atoms with Crippen molar-refractivity contribution in [1.82, 2.24) is 4.98 Å². The number of aromatic nitrogens is 1. The van der Waals surface area contributed by atoms with Gasteiger partial charge in [0.2, 0.25) is 0 Å². The summed E-state index contributed by atoms with van der Waals surface area (Å²) in [5.41, 5.74) is 0.149. The Balaban J connectivity index is 2.13. The summed E-state index contributed by atoms with van der Waals surface area (Å²) < 4.78 is 27.0. The summed E-state index contributed by atoms with van der Waals surface area (Å²) in [4.78, 5) is 14.5. The standard InChI is InChI=1S/C13H9N3O4S2/c17-16(18)13-2-1-12(10-3-5-14-7-11(10)13)15-22(19,20)9-4-6-21-8-9/h1-8,15H. The summed E-state index contributed by atoms with van der Waals surface area (Å²) in [7, 11) is -3.72. The summed E-state index contributed by atoms with van der Waals surface area (Å²) in [6.07, 6.45) is 2.80. The molecule has 2 heterocycles. The first kappa shape index (κ1) is 14.4. The quantitative estimate of drug-likeness (QED) is 0.583. The molecule has 0 amide bonds. The molecule has 7 nitrogen and oxygen atoms in total. The van der Waals surface area contributed by atoms with E-state index in [0.717, 1.165) is 0 Å². The molecule has 0 aliphatic carbocycles. The van der Waals surface area contributed by atoms with E-state index in [9.17, 15) is 18.5 Å². The molecule has 1 aromatic carbocycles. The van der Waals surface area contributed by atoms with Crippen LogP contribution in [0.4, 0.5) is 11.4 Å². The number of nitrogens with zero attached hydrogens (tertiary/aromatic N) is 2. The number of rotatable bonds is 4.